The molecule has 0 aliphatic rings. The molecule has 0 saturated heterocycles. The van der Waals surface area contributed by atoms with Crippen molar-refractivity contribution in [1.29, 1.82) is 0 Å². The van der Waals surface area contributed by atoms with Gasteiger partial charge in [0.1, 0.15) is 6.10 Å². The monoisotopic (exact) mass is 226 g/mol. The molecule has 0 spiro atoms. The number of ketones is 1. The molecule has 0 radical (unpaired) electrons. The zero-order chi connectivity index (χ0) is 12.3. The predicted molar refractivity (Wildman–Crippen MR) is 67.9 cm³/mol. The molecule has 0 bridgehead atoms. The lowest BCUT2D eigenvalue weighted by Crippen LogP contribution is -2.15. The summed E-state index contributed by atoms with van der Waals surface area (Å²) >= 11 is 0. The average Bonchev–Trinajstić information content (AvgIpc) is 2.39. The van der Waals surface area contributed by atoms with Gasteiger partial charge in [0.15, 0.2) is 5.78 Å². The van der Waals surface area contributed by atoms with Crippen molar-refractivity contribution in [3.05, 3.63) is 60.2 Å². The van der Waals surface area contributed by atoms with E-state index in [4.69, 9.17) is 0 Å². The van der Waals surface area contributed by atoms with Crippen LogP contribution in [-0.4, -0.2) is 17.0 Å². The summed E-state index contributed by atoms with van der Waals surface area (Å²) in [6.45, 7) is 1.48. The van der Waals surface area contributed by atoms with Gasteiger partial charge in [0, 0.05) is 5.56 Å². The SMILES string of the molecule is CC(O)C(=O)c1cccc(-c2ccccc2)c1. The molecule has 2 rings (SSSR count). The number of carbonyl (C=O) groups is 1. The van der Waals surface area contributed by atoms with Crippen molar-refractivity contribution in [2.24, 2.45) is 0 Å². The molecule has 0 saturated carbocycles. The Morgan fingerprint density at radius 1 is 1.00 bits per heavy atom. The third-order valence-electron chi connectivity index (χ3n) is 2.63. The molecular formula is C15H14O2. The van der Waals surface area contributed by atoms with E-state index in [-0.39, 0.29) is 5.78 Å². The summed E-state index contributed by atoms with van der Waals surface area (Å²) < 4.78 is 0. The molecule has 2 nitrogen and oxygen atoms in total. The lowest BCUT2D eigenvalue weighted by atomic mass is 10.00. The maximum atomic E-state index is 11.7. The fourth-order valence-electron chi connectivity index (χ4n) is 1.72. The summed E-state index contributed by atoms with van der Waals surface area (Å²) in [6, 6.07) is 17.2. The second-order valence-corrected chi connectivity index (χ2v) is 3.99. The van der Waals surface area contributed by atoms with Crippen LogP contribution in [0.3, 0.4) is 0 Å². The number of benzene rings is 2. The zero-order valence-corrected chi connectivity index (χ0v) is 9.63. The van der Waals surface area contributed by atoms with Crippen molar-refractivity contribution < 1.29 is 9.90 Å². The first kappa shape index (κ1) is 11.6. The van der Waals surface area contributed by atoms with Gasteiger partial charge < -0.3 is 5.11 Å². The maximum Gasteiger partial charge on any atom is 0.190 e. The van der Waals surface area contributed by atoms with Gasteiger partial charge >= 0.3 is 0 Å². The molecular weight excluding hydrogens is 212 g/mol. The van der Waals surface area contributed by atoms with E-state index in [1.165, 1.54) is 6.92 Å². The van der Waals surface area contributed by atoms with Gasteiger partial charge in [0.05, 0.1) is 0 Å². The average molecular weight is 226 g/mol. The molecule has 1 atom stereocenters. The summed E-state index contributed by atoms with van der Waals surface area (Å²) in [5.41, 5.74) is 2.59. The summed E-state index contributed by atoms with van der Waals surface area (Å²) in [7, 11) is 0. The van der Waals surface area contributed by atoms with Crippen LogP contribution in [0.15, 0.2) is 54.6 Å². The molecule has 2 aromatic rings. The molecule has 1 N–H and O–H groups in total. The second-order valence-electron chi connectivity index (χ2n) is 3.99. The first-order valence-electron chi connectivity index (χ1n) is 5.56. The van der Waals surface area contributed by atoms with Gasteiger partial charge in [-0.2, -0.15) is 0 Å². The Labute approximate surface area is 101 Å². The quantitative estimate of drug-likeness (QED) is 0.817. The molecule has 1 unspecified atom stereocenters. The fourth-order valence-corrected chi connectivity index (χ4v) is 1.72. The lowest BCUT2D eigenvalue weighted by molar-refractivity contribution is 0.0779. The summed E-state index contributed by atoms with van der Waals surface area (Å²) in [4.78, 5) is 11.7. The Bertz CT molecular complexity index is 515. The highest BCUT2D eigenvalue weighted by Gasteiger charge is 2.12. The Morgan fingerprint density at radius 2 is 1.65 bits per heavy atom. The highest BCUT2D eigenvalue weighted by molar-refractivity contribution is 6.00. The van der Waals surface area contributed by atoms with Gasteiger partial charge in [0.25, 0.3) is 0 Å². The standard InChI is InChI=1S/C15H14O2/c1-11(16)15(17)14-9-5-8-13(10-14)12-6-3-2-4-7-12/h2-11,16H,1H3. The highest BCUT2D eigenvalue weighted by atomic mass is 16.3. The van der Waals surface area contributed by atoms with Crippen molar-refractivity contribution in [1.82, 2.24) is 0 Å². The van der Waals surface area contributed by atoms with Gasteiger partial charge in [-0.1, -0.05) is 48.5 Å². The predicted octanol–water partition coefficient (Wildman–Crippen LogP) is 2.92. The molecule has 0 amide bonds. The fraction of sp³-hybridized carbons (Fsp3) is 0.133. The normalized spacial score (nSPS) is 12.1. The minimum Gasteiger partial charge on any atom is -0.385 e. The first-order valence-corrected chi connectivity index (χ1v) is 5.56. The number of rotatable bonds is 3. The Kier molecular flexibility index (Phi) is 3.35. The van der Waals surface area contributed by atoms with Crippen molar-refractivity contribution in [2.45, 2.75) is 13.0 Å². The van der Waals surface area contributed by atoms with Crippen molar-refractivity contribution >= 4 is 5.78 Å². The molecule has 2 heteroatoms. The van der Waals surface area contributed by atoms with Crippen molar-refractivity contribution in [2.75, 3.05) is 0 Å². The number of hydrogen-bond acceptors (Lipinski definition) is 2. The molecule has 0 fully saturated rings. The van der Waals surface area contributed by atoms with E-state index in [1.54, 1.807) is 6.07 Å². The summed E-state index contributed by atoms with van der Waals surface area (Å²) in [5.74, 6) is -0.247. The number of Topliss-reactive ketones (excluding diaryl/α,β-unsaturated/α-hetero) is 1. The smallest absolute Gasteiger partial charge is 0.190 e. The number of hydrogen-bond donors (Lipinski definition) is 1. The topological polar surface area (TPSA) is 37.3 Å². The molecule has 2 aromatic carbocycles. The zero-order valence-electron chi connectivity index (χ0n) is 9.63. The highest BCUT2D eigenvalue weighted by Crippen LogP contribution is 2.20. The third-order valence-corrected chi connectivity index (χ3v) is 2.63. The maximum absolute atomic E-state index is 11.7. The van der Waals surface area contributed by atoms with E-state index < -0.39 is 6.10 Å². The van der Waals surface area contributed by atoms with Gasteiger partial charge in [-0.05, 0) is 24.1 Å². The molecule has 0 aromatic heterocycles. The van der Waals surface area contributed by atoms with E-state index in [9.17, 15) is 9.90 Å². The third kappa shape index (κ3) is 2.60. The van der Waals surface area contributed by atoms with Crippen LogP contribution >= 0.6 is 0 Å². The molecule has 86 valence electrons. The van der Waals surface area contributed by atoms with Crippen LogP contribution in [0.1, 0.15) is 17.3 Å². The van der Waals surface area contributed by atoms with E-state index in [0.29, 0.717) is 5.56 Å². The van der Waals surface area contributed by atoms with Crippen LogP contribution in [0.4, 0.5) is 0 Å². The number of aliphatic hydroxyl groups is 1. The minimum absolute atomic E-state index is 0.247. The van der Waals surface area contributed by atoms with E-state index in [0.717, 1.165) is 11.1 Å². The van der Waals surface area contributed by atoms with E-state index in [1.807, 2.05) is 48.5 Å². The second kappa shape index (κ2) is 4.93. The van der Waals surface area contributed by atoms with E-state index in [2.05, 4.69) is 0 Å². The summed E-state index contributed by atoms with van der Waals surface area (Å²) in [5, 5.41) is 9.29. The van der Waals surface area contributed by atoms with Gasteiger partial charge in [0.2, 0.25) is 0 Å². The number of aliphatic hydroxyl groups excluding tert-OH is 1. The minimum atomic E-state index is -0.957. The van der Waals surface area contributed by atoms with E-state index >= 15 is 0 Å². The first-order chi connectivity index (χ1) is 8.18. The van der Waals surface area contributed by atoms with Crippen molar-refractivity contribution in [3.63, 3.8) is 0 Å². The Balaban J connectivity index is 2.39. The van der Waals surface area contributed by atoms with Gasteiger partial charge in [-0.3, -0.25) is 4.79 Å². The molecule has 0 heterocycles. The van der Waals surface area contributed by atoms with Crippen molar-refractivity contribution in [3.8, 4) is 11.1 Å². The van der Waals surface area contributed by atoms with Gasteiger partial charge in [-0.25, -0.2) is 0 Å². The van der Waals surface area contributed by atoms with Crippen LogP contribution in [0, 0.1) is 0 Å². The molecule has 0 aliphatic heterocycles. The number of carbonyl (C=O) groups excluding carboxylic acids is 1. The Hall–Kier alpha value is -1.93. The van der Waals surface area contributed by atoms with Crippen LogP contribution in [-0.2, 0) is 0 Å². The van der Waals surface area contributed by atoms with Crippen LogP contribution in [0.5, 0.6) is 0 Å². The molecule has 0 aliphatic carbocycles. The van der Waals surface area contributed by atoms with Crippen LogP contribution in [0.2, 0.25) is 0 Å². The van der Waals surface area contributed by atoms with Crippen LogP contribution < -0.4 is 0 Å². The molecule has 17 heavy (non-hydrogen) atoms. The largest absolute Gasteiger partial charge is 0.385 e. The summed E-state index contributed by atoms with van der Waals surface area (Å²) in [6.07, 6.45) is -0.957. The van der Waals surface area contributed by atoms with Crippen LogP contribution in [0.25, 0.3) is 11.1 Å². The van der Waals surface area contributed by atoms with Gasteiger partial charge in [-0.15, -0.1) is 0 Å². The Morgan fingerprint density at radius 3 is 2.29 bits per heavy atom. The lowest BCUT2D eigenvalue weighted by Gasteiger charge is -2.06.